The number of aromatic nitrogens is 2. The second kappa shape index (κ2) is 6.77. The van der Waals surface area contributed by atoms with Gasteiger partial charge in [0.25, 0.3) is 0 Å². The molecule has 0 aliphatic carbocycles. The van der Waals surface area contributed by atoms with Gasteiger partial charge in [0.05, 0.1) is 6.54 Å². The van der Waals surface area contributed by atoms with Crippen LogP contribution in [0.5, 0.6) is 0 Å². The first kappa shape index (κ1) is 15.4. The van der Waals surface area contributed by atoms with Crippen molar-refractivity contribution < 1.29 is 4.79 Å². The summed E-state index contributed by atoms with van der Waals surface area (Å²) in [6.07, 6.45) is 7.83. The molecule has 1 aromatic carbocycles. The average molecular weight is 324 g/mol. The molecule has 1 fully saturated rings. The van der Waals surface area contributed by atoms with Crippen LogP contribution in [0.4, 0.5) is 5.69 Å². The Hall–Kier alpha value is -2.14. The zero-order valence-electron chi connectivity index (χ0n) is 14.0. The maximum absolute atomic E-state index is 12.7. The van der Waals surface area contributed by atoms with Gasteiger partial charge in [0.2, 0.25) is 5.91 Å². The molecule has 1 unspecified atom stereocenters. The standard InChI is InChI=1S/C19H24N4O/c24-19(23-14-8-16-5-1-2-7-18(16)23)9-13-21-11-3-6-17(21)15-22-12-4-10-20-22/h1-2,4-5,7,10,12,17H,3,6,8-9,11,13-15H2. The number of fused-ring (bicyclic) bond motifs is 1. The number of para-hydroxylation sites is 1. The largest absolute Gasteiger partial charge is 0.312 e. The van der Waals surface area contributed by atoms with E-state index in [4.69, 9.17) is 0 Å². The first-order chi connectivity index (χ1) is 11.8. The van der Waals surface area contributed by atoms with Gasteiger partial charge in [-0.3, -0.25) is 14.4 Å². The van der Waals surface area contributed by atoms with Gasteiger partial charge in [-0.2, -0.15) is 5.10 Å². The number of carbonyl (C=O) groups is 1. The van der Waals surface area contributed by atoms with E-state index in [0.717, 1.165) is 38.3 Å². The molecule has 2 aliphatic heterocycles. The van der Waals surface area contributed by atoms with Crippen molar-refractivity contribution in [3.8, 4) is 0 Å². The highest BCUT2D eigenvalue weighted by molar-refractivity contribution is 5.95. The lowest BCUT2D eigenvalue weighted by atomic mass is 10.2. The normalized spacial score (nSPS) is 20.5. The second-order valence-corrected chi connectivity index (χ2v) is 6.73. The monoisotopic (exact) mass is 324 g/mol. The van der Waals surface area contributed by atoms with Crippen molar-refractivity contribution >= 4 is 11.6 Å². The molecular formula is C19H24N4O. The fourth-order valence-electron chi connectivity index (χ4n) is 3.99. The van der Waals surface area contributed by atoms with Crippen LogP contribution in [0.15, 0.2) is 42.7 Å². The van der Waals surface area contributed by atoms with Gasteiger partial charge < -0.3 is 4.90 Å². The molecule has 1 aromatic heterocycles. The van der Waals surface area contributed by atoms with Crippen molar-refractivity contribution in [3.63, 3.8) is 0 Å². The van der Waals surface area contributed by atoms with E-state index in [2.05, 4.69) is 28.2 Å². The molecule has 24 heavy (non-hydrogen) atoms. The third kappa shape index (κ3) is 3.08. The Morgan fingerprint density at radius 3 is 3.00 bits per heavy atom. The summed E-state index contributed by atoms with van der Waals surface area (Å²) in [6, 6.07) is 10.7. The van der Waals surface area contributed by atoms with E-state index in [1.807, 2.05) is 34.1 Å². The molecule has 0 radical (unpaired) electrons. The Bertz CT molecular complexity index is 697. The summed E-state index contributed by atoms with van der Waals surface area (Å²) in [5.41, 5.74) is 2.40. The van der Waals surface area contributed by atoms with Crippen LogP contribution >= 0.6 is 0 Å². The Morgan fingerprint density at radius 1 is 1.21 bits per heavy atom. The van der Waals surface area contributed by atoms with Gasteiger partial charge in [0.15, 0.2) is 0 Å². The van der Waals surface area contributed by atoms with Gasteiger partial charge in [-0.25, -0.2) is 0 Å². The van der Waals surface area contributed by atoms with Gasteiger partial charge in [0, 0.05) is 43.6 Å². The number of rotatable bonds is 5. The number of anilines is 1. The van der Waals surface area contributed by atoms with Crippen LogP contribution in [-0.4, -0.2) is 46.3 Å². The van der Waals surface area contributed by atoms with Gasteiger partial charge in [0.1, 0.15) is 0 Å². The van der Waals surface area contributed by atoms with Gasteiger partial charge >= 0.3 is 0 Å². The summed E-state index contributed by atoms with van der Waals surface area (Å²) >= 11 is 0. The Balaban J connectivity index is 1.34. The molecule has 0 bridgehead atoms. The maximum atomic E-state index is 12.7. The third-order valence-corrected chi connectivity index (χ3v) is 5.26. The smallest absolute Gasteiger partial charge is 0.228 e. The lowest BCUT2D eigenvalue weighted by molar-refractivity contribution is -0.118. The molecule has 5 nitrogen and oxygen atoms in total. The molecule has 2 aromatic rings. The van der Waals surface area contributed by atoms with Crippen LogP contribution in [0.25, 0.3) is 0 Å². The predicted octanol–water partition coefficient (Wildman–Crippen LogP) is 2.33. The predicted molar refractivity (Wildman–Crippen MR) is 93.9 cm³/mol. The van der Waals surface area contributed by atoms with Crippen molar-refractivity contribution in [1.82, 2.24) is 14.7 Å². The van der Waals surface area contributed by atoms with Crippen LogP contribution in [0.2, 0.25) is 0 Å². The number of nitrogens with zero attached hydrogens (tertiary/aromatic N) is 4. The third-order valence-electron chi connectivity index (χ3n) is 5.26. The summed E-state index contributed by atoms with van der Waals surface area (Å²) in [5.74, 6) is 0.254. The first-order valence-electron chi connectivity index (χ1n) is 8.91. The van der Waals surface area contributed by atoms with E-state index in [0.29, 0.717) is 12.5 Å². The van der Waals surface area contributed by atoms with Gasteiger partial charge in [-0.05, 0) is 43.5 Å². The van der Waals surface area contributed by atoms with Gasteiger partial charge in [-0.15, -0.1) is 0 Å². The van der Waals surface area contributed by atoms with Crippen molar-refractivity contribution in [3.05, 3.63) is 48.3 Å². The van der Waals surface area contributed by atoms with Crippen LogP contribution in [0.1, 0.15) is 24.8 Å². The van der Waals surface area contributed by atoms with Crippen LogP contribution in [-0.2, 0) is 17.8 Å². The van der Waals surface area contributed by atoms with Crippen molar-refractivity contribution in [2.45, 2.75) is 38.3 Å². The van der Waals surface area contributed by atoms with E-state index < -0.39 is 0 Å². The molecule has 0 spiro atoms. The van der Waals surface area contributed by atoms with Crippen LogP contribution in [0.3, 0.4) is 0 Å². The molecule has 1 atom stereocenters. The zero-order chi connectivity index (χ0) is 16.4. The molecule has 4 rings (SSSR count). The van der Waals surface area contributed by atoms with E-state index in [9.17, 15) is 4.79 Å². The number of hydrogen-bond acceptors (Lipinski definition) is 3. The fraction of sp³-hybridized carbons (Fsp3) is 0.474. The summed E-state index contributed by atoms with van der Waals surface area (Å²) in [6.45, 7) is 3.70. The number of likely N-dealkylation sites (tertiary alicyclic amines) is 1. The highest BCUT2D eigenvalue weighted by Gasteiger charge is 2.28. The zero-order valence-corrected chi connectivity index (χ0v) is 14.0. The molecule has 0 N–H and O–H groups in total. The minimum atomic E-state index is 0.254. The molecule has 0 saturated carbocycles. The van der Waals surface area contributed by atoms with E-state index in [-0.39, 0.29) is 5.91 Å². The Morgan fingerprint density at radius 2 is 2.12 bits per heavy atom. The van der Waals surface area contributed by atoms with Crippen molar-refractivity contribution in [2.24, 2.45) is 0 Å². The highest BCUT2D eigenvalue weighted by atomic mass is 16.2. The van der Waals surface area contributed by atoms with E-state index >= 15 is 0 Å². The SMILES string of the molecule is O=C(CCN1CCCC1Cn1cccn1)N1CCc2ccccc21. The fourth-order valence-corrected chi connectivity index (χ4v) is 3.99. The Kier molecular flexibility index (Phi) is 4.34. The quantitative estimate of drug-likeness (QED) is 0.847. The average Bonchev–Trinajstić information content (AvgIpc) is 3.34. The molecule has 3 heterocycles. The van der Waals surface area contributed by atoms with Crippen molar-refractivity contribution in [2.75, 3.05) is 24.5 Å². The lowest BCUT2D eigenvalue weighted by Gasteiger charge is -2.25. The van der Waals surface area contributed by atoms with Crippen molar-refractivity contribution in [1.29, 1.82) is 0 Å². The Labute approximate surface area is 142 Å². The second-order valence-electron chi connectivity index (χ2n) is 6.73. The summed E-state index contributed by atoms with van der Waals surface area (Å²) in [5, 5.41) is 4.31. The molecule has 1 saturated heterocycles. The van der Waals surface area contributed by atoms with E-state index in [1.54, 1.807) is 0 Å². The van der Waals surface area contributed by atoms with Crippen LogP contribution < -0.4 is 4.90 Å². The minimum absolute atomic E-state index is 0.254. The number of benzene rings is 1. The summed E-state index contributed by atoms with van der Waals surface area (Å²) in [7, 11) is 0. The van der Waals surface area contributed by atoms with E-state index in [1.165, 1.54) is 18.4 Å². The lowest BCUT2D eigenvalue weighted by Crippen LogP contribution is -2.37. The number of hydrogen-bond donors (Lipinski definition) is 0. The van der Waals surface area contributed by atoms with Crippen LogP contribution in [0, 0.1) is 0 Å². The number of amides is 1. The number of carbonyl (C=O) groups excluding carboxylic acids is 1. The first-order valence-corrected chi connectivity index (χ1v) is 8.91. The molecular weight excluding hydrogens is 300 g/mol. The molecule has 126 valence electrons. The summed E-state index contributed by atoms with van der Waals surface area (Å²) < 4.78 is 2.00. The summed E-state index contributed by atoms with van der Waals surface area (Å²) in [4.78, 5) is 17.1. The molecule has 5 heteroatoms. The topological polar surface area (TPSA) is 41.4 Å². The molecule has 2 aliphatic rings. The maximum Gasteiger partial charge on any atom is 0.228 e. The highest BCUT2D eigenvalue weighted by Crippen LogP contribution is 2.28. The molecule has 1 amide bonds. The minimum Gasteiger partial charge on any atom is -0.312 e. The van der Waals surface area contributed by atoms with Gasteiger partial charge in [-0.1, -0.05) is 18.2 Å².